The monoisotopic (exact) mass is 431 g/mol. The second kappa shape index (κ2) is 6.73. The van der Waals surface area contributed by atoms with Gasteiger partial charge in [0.05, 0.1) is 21.5 Å². The first-order chi connectivity index (χ1) is 10.9. The SMILES string of the molecule is O=C1S/C(=C\c2ccc(Br)o2)C(=O)N1Cc1ccc(Cl)c(Cl)c1. The molecule has 4 nitrogen and oxygen atoms in total. The smallest absolute Gasteiger partial charge is 0.293 e. The van der Waals surface area contributed by atoms with Crippen molar-refractivity contribution in [1.29, 1.82) is 0 Å². The van der Waals surface area contributed by atoms with Crippen molar-refractivity contribution in [2.45, 2.75) is 6.54 Å². The molecule has 1 fully saturated rings. The highest BCUT2D eigenvalue weighted by Crippen LogP contribution is 2.34. The number of benzene rings is 1. The van der Waals surface area contributed by atoms with Gasteiger partial charge in [-0.2, -0.15) is 0 Å². The second-order valence-electron chi connectivity index (χ2n) is 4.66. The number of thioether (sulfide) groups is 1. The van der Waals surface area contributed by atoms with E-state index in [2.05, 4.69) is 15.9 Å². The highest BCUT2D eigenvalue weighted by Gasteiger charge is 2.35. The van der Waals surface area contributed by atoms with E-state index >= 15 is 0 Å². The quantitative estimate of drug-likeness (QED) is 0.593. The summed E-state index contributed by atoms with van der Waals surface area (Å²) in [5, 5.41) is 0.470. The second-order valence-corrected chi connectivity index (χ2v) is 7.25. The van der Waals surface area contributed by atoms with Crippen molar-refractivity contribution >= 4 is 68.1 Å². The molecule has 23 heavy (non-hydrogen) atoms. The number of hydrogen-bond acceptors (Lipinski definition) is 4. The van der Waals surface area contributed by atoms with Gasteiger partial charge in [-0.1, -0.05) is 29.3 Å². The topological polar surface area (TPSA) is 50.5 Å². The molecule has 1 saturated heterocycles. The van der Waals surface area contributed by atoms with Gasteiger partial charge in [-0.25, -0.2) is 0 Å². The molecule has 1 aromatic heterocycles. The van der Waals surface area contributed by atoms with Crippen molar-refractivity contribution in [3.8, 4) is 0 Å². The number of rotatable bonds is 3. The Morgan fingerprint density at radius 2 is 1.96 bits per heavy atom. The third-order valence-electron chi connectivity index (χ3n) is 3.07. The Hall–Kier alpha value is -1.21. The maximum absolute atomic E-state index is 12.4. The molecule has 2 heterocycles. The summed E-state index contributed by atoms with van der Waals surface area (Å²) in [5.74, 6) is 0.135. The third kappa shape index (κ3) is 3.66. The van der Waals surface area contributed by atoms with E-state index in [1.165, 1.54) is 0 Å². The van der Waals surface area contributed by atoms with E-state index in [0.29, 0.717) is 25.4 Å². The molecule has 118 valence electrons. The Kier molecular flexibility index (Phi) is 4.87. The summed E-state index contributed by atoms with van der Waals surface area (Å²) in [6, 6.07) is 8.42. The van der Waals surface area contributed by atoms with Crippen LogP contribution in [0.4, 0.5) is 4.79 Å². The minimum atomic E-state index is -0.362. The Bertz CT molecular complexity index is 834. The van der Waals surface area contributed by atoms with Crippen molar-refractivity contribution in [2.24, 2.45) is 0 Å². The minimum Gasteiger partial charge on any atom is -0.450 e. The molecule has 3 rings (SSSR count). The lowest BCUT2D eigenvalue weighted by Gasteiger charge is -2.12. The zero-order valence-electron chi connectivity index (χ0n) is 11.4. The number of amides is 2. The average Bonchev–Trinajstić information content (AvgIpc) is 3.02. The number of carbonyl (C=O) groups is 2. The molecule has 0 aliphatic carbocycles. The Morgan fingerprint density at radius 1 is 1.17 bits per heavy atom. The lowest BCUT2D eigenvalue weighted by atomic mass is 10.2. The molecular formula is C15H8BrCl2NO3S. The van der Waals surface area contributed by atoms with Gasteiger partial charge in [-0.15, -0.1) is 0 Å². The lowest BCUT2D eigenvalue weighted by Crippen LogP contribution is -2.27. The van der Waals surface area contributed by atoms with Gasteiger partial charge >= 0.3 is 0 Å². The summed E-state index contributed by atoms with van der Waals surface area (Å²) < 4.78 is 5.88. The number of imide groups is 1. The van der Waals surface area contributed by atoms with E-state index in [-0.39, 0.29) is 17.7 Å². The molecule has 0 bridgehead atoms. The predicted octanol–water partition coefficient (Wildman–Crippen LogP) is 5.59. The number of hydrogen-bond donors (Lipinski definition) is 0. The summed E-state index contributed by atoms with van der Waals surface area (Å²) in [6.45, 7) is 0.140. The normalized spacial score (nSPS) is 16.7. The maximum atomic E-state index is 12.4. The van der Waals surface area contributed by atoms with Crippen molar-refractivity contribution in [3.63, 3.8) is 0 Å². The summed E-state index contributed by atoms with van der Waals surface area (Å²) in [6.07, 6.45) is 1.55. The van der Waals surface area contributed by atoms with Crippen LogP contribution in [-0.4, -0.2) is 16.0 Å². The van der Waals surface area contributed by atoms with E-state index in [9.17, 15) is 9.59 Å². The van der Waals surface area contributed by atoms with Crippen LogP contribution in [0, 0.1) is 0 Å². The van der Waals surface area contributed by atoms with Gasteiger partial charge in [0.2, 0.25) is 0 Å². The number of halogens is 3. The lowest BCUT2D eigenvalue weighted by molar-refractivity contribution is -0.123. The fourth-order valence-electron chi connectivity index (χ4n) is 1.99. The van der Waals surface area contributed by atoms with Crippen molar-refractivity contribution in [1.82, 2.24) is 4.90 Å². The first-order valence-corrected chi connectivity index (χ1v) is 8.75. The molecule has 0 unspecified atom stereocenters. The summed E-state index contributed by atoms with van der Waals surface area (Å²) >= 11 is 15.9. The predicted molar refractivity (Wildman–Crippen MR) is 94.4 cm³/mol. The Balaban J connectivity index is 1.81. The van der Waals surface area contributed by atoms with Crippen LogP contribution < -0.4 is 0 Å². The molecule has 0 atom stereocenters. The van der Waals surface area contributed by atoms with E-state index in [1.54, 1.807) is 36.4 Å². The maximum Gasteiger partial charge on any atom is 0.293 e. The minimum absolute atomic E-state index is 0.140. The molecule has 2 aromatic rings. The number of nitrogens with zero attached hydrogens (tertiary/aromatic N) is 1. The molecular weight excluding hydrogens is 425 g/mol. The average molecular weight is 433 g/mol. The van der Waals surface area contributed by atoms with Crippen LogP contribution in [0.25, 0.3) is 6.08 Å². The molecule has 0 saturated carbocycles. The van der Waals surface area contributed by atoms with Gasteiger partial charge in [0.1, 0.15) is 5.76 Å². The van der Waals surface area contributed by atoms with E-state index < -0.39 is 0 Å². The fraction of sp³-hybridized carbons (Fsp3) is 0.0667. The Labute approximate surface area is 154 Å². The summed E-state index contributed by atoms with van der Waals surface area (Å²) in [5.41, 5.74) is 0.726. The van der Waals surface area contributed by atoms with E-state index in [0.717, 1.165) is 22.2 Å². The van der Waals surface area contributed by atoms with Gasteiger partial charge in [0.25, 0.3) is 11.1 Å². The van der Waals surface area contributed by atoms with Crippen molar-refractivity contribution in [3.05, 3.63) is 61.3 Å². The first-order valence-electron chi connectivity index (χ1n) is 6.38. The molecule has 2 amide bonds. The number of carbonyl (C=O) groups excluding carboxylic acids is 2. The van der Waals surface area contributed by atoms with Crippen LogP contribution in [0.3, 0.4) is 0 Å². The van der Waals surface area contributed by atoms with E-state index in [1.807, 2.05) is 0 Å². The van der Waals surface area contributed by atoms with Gasteiger partial charge in [-0.05, 0) is 57.5 Å². The molecule has 0 spiro atoms. The van der Waals surface area contributed by atoms with Crippen LogP contribution >= 0.6 is 50.9 Å². The van der Waals surface area contributed by atoms with E-state index in [4.69, 9.17) is 27.6 Å². The standard InChI is InChI=1S/C15H8BrCl2NO3S/c16-13-4-2-9(22-13)6-12-14(20)19(15(21)23-12)7-8-1-3-10(17)11(18)5-8/h1-6H,7H2/b12-6-. The molecule has 1 aliphatic heterocycles. The van der Waals surface area contributed by atoms with Gasteiger partial charge in [0, 0.05) is 6.08 Å². The zero-order valence-corrected chi connectivity index (χ0v) is 15.3. The largest absolute Gasteiger partial charge is 0.450 e. The van der Waals surface area contributed by atoms with Crippen molar-refractivity contribution < 1.29 is 14.0 Å². The molecule has 8 heteroatoms. The van der Waals surface area contributed by atoms with Crippen LogP contribution in [0.1, 0.15) is 11.3 Å². The highest BCUT2D eigenvalue weighted by molar-refractivity contribution is 9.10. The van der Waals surface area contributed by atoms with Crippen LogP contribution in [0.5, 0.6) is 0 Å². The fourth-order valence-corrected chi connectivity index (χ4v) is 3.45. The van der Waals surface area contributed by atoms with Crippen molar-refractivity contribution in [2.75, 3.05) is 0 Å². The summed E-state index contributed by atoms with van der Waals surface area (Å²) in [7, 11) is 0. The number of furan rings is 1. The van der Waals surface area contributed by atoms with Crippen LogP contribution in [0.15, 0.2) is 44.3 Å². The van der Waals surface area contributed by atoms with Gasteiger partial charge in [0.15, 0.2) is 4.67 Å². The van der Waals surface area contributed by atoms with Gasteiger partial charge in [-0.3, -0.25) is 14.5 Å². The first kappa shape index (κ1) is 16.6. The molecule has 1 aromatic carbocycles. The zero-order chi connectivity index (χ0) is 16.6. The third-order valence-corrected chi connectivity index (χ3v) is 5.14. The van der Waals surface area contributed by atoms with Crippen LogP contribution in [-0.2, 0) is 11.3 Å². The Morgan fingerprint density at radius 3 is 2.61 bits per heavy atom. The van der Waals surface area contributed by atoms with Crippen LogP contribution in [0.2, 0.25) is 10.0 Å². The molecule has 0 N–H and O–H groups in total. The summed E-state index contributed by atoms with van der Waals surface area (Å²) in [4.78, 5) is 25.9. The molecule has 1 aliphatic rings. The van der Waals surface area contributed by atoms with Gasteiger partial charge < -0.3 is 4.42 Å². The molecule has 0 radical (unpaired) electrons. The highest BCUT2D eigenvalue weighted by atomic mass is 79.9.